The van der Waals surface area contributed by atoms with Crippen molar-refractivity contribution in [1.29, 1.82) is 0 Å². The normalized spacial score (nSPS) is 28.3. The molecule has 4 heteroatoms. The molecule has 0 saturated carbocycles. The van der Waals surface area contributed by atoms with E-state index in [0.29, 0.717) is 9.94 Å². The van der Waals surface area contributed by atoms with E-state index >= 15 is 0 Å². The fourth-order valence-electron chi connectivity index (χ4n) is 1.19. The lowest BCUT2D eigenvalue weighted by atomic mass is 9.93. The van der Waals surface area contributed by atoms with Gasteiger partial charge in [-0.1, -0.05) is 32.4 Å². The van der Waals surface area contributed by atoms with E-state index in [1.165, 1.54) is 0 Å². The Balaban J connectivity index is 3.22. The molecule has 1 heterocycles. The second kappa shape index (κ2) is 3.07. The minimum atomic E-state index is -1.38. The Labute approximate surface area is 87.0 Å². The Kier molecular flexibility index (Phi) is 2.65. The van der Waals surface area contributed by atoms with Gasteiger partial charge in [0.2, 0.25) is 0 Å². The lowest BCUT2D eigenvalue weighted by Gasteiger charge is -2.18. The van der Waals surface area contributed by atoms with Gasteiger partial charge in [-0.05, 0) is 19.3 Å². The molecule has 0 fully saturated rings. The van der Waals surface area contributed by atoms with Crippen molar-refractivity contribution in [1.82, 2.24) is 0 Å². The van der Waals surface area contributed by atoms with E-state index in [1.54, 1.807) is 0 Å². The molecule has 1 aliphatic rings. The van der Waals surface area contributed by atoms with Gasteiger partial charge in [0, 0.05) is 0 Å². The van der Waals surface area contributed by atoms with E-state index in [2.05, 4.69) is 0 Å². The largest absolute Gasteiger partial charge is 0.275 e. The predicted molar refractivity (Wildman–Crippen MR) is 55.6 cm³/mol. The zero-order valence-electron chi connectivity index (χ0n) is 8.60. The van der Waals surface area contributed by atoms with Crippen molar-refractivity contribution >= 4 is 22.7 Å². The number of halogens is 1. The van der Waals surface area contributed by atoms with E-state index in [1.807, 2.05) is 34.6 Å². The van der Waals surface area contributed by atoms with Crippen LogP contribution >= 0.6 is 11.6 Å². The zero-order chi connectivity index (χ0) is 10.4. The average molecular weight is 223 g/mol. The van der Waals surface area contributed by atoms with Crippen LogP contribution in [0.4, 0.5) is 0 Å². The Hall–Kier alpha value is 0.140. The van der Waals surface area contributed by atoms with Crippen LogP contribution in [-0.4, -0.2) is 9.81 Å². The summed E-state index contributed by atoms with van der Waals surface area (Å²) in [6.07, 6.45) is 0. The zero-order valence-corrected chi connectivity index (χ0v) is 10.2. The Morgan fingerprint density at radius 2 is 1.85 bits per heavy atom. The summed E-state index contributed by atoms with van der Waals surface area (Å²) in [6, 6.07) is 0. The molecule has 0 aromatic carbocycles. The summed E-state index contributed by atoms with van der Waals surface area (Å²) in [4.78, 5) is 0.708. The molecular weight excluding hydrogens is 208 g/mol. The van der Waals surface area contributed by atoms with Gasteiger partial charge < -0.3 is 0 Å². The third-order valence-electron chi connectivity index (χ3n) is 1.86. The lowest BCUT2D eigenvalue weighted by molar-refractivity contribution is 0.192. The maximum Gasteiger partial charge on any atom is 0.187 e. The van der Waals surface area contributed by atoms with Gasteiger partial charge in [-0.15, -0.1) is 0 Å². The van der Waals surface area contributed by atoms with Gasteiger partial charge >= 0.3 is 0 Å². The first-order valence-electron chi connectivity index (χ1n) is 4.18. The standard InChI is InChI=1S/C9H15ClO2S/c1-8(2,3)7-6(10)9(4,5)12-13(7)11/h1-5H3. The first-order chi connectivity index (χ1) is 5.66. The highest BCUT2D eigenvalue weighted by Crippen LogP contribution is 2.44. The fourth-order valence-corrected chi connectivity index (χ4v) is 3.19. The van der Waals surface area contributed by atoms with Crippen molar-refractivity contribution < 1.29 is 8.39 Å². The van der Waals surface area contributed by atoms with Gasteiger partial charge in [0.05, 0.1) is 9.94 Å². The SMILES string of the molecule is CC(C)(C)C1=C(Cl)C(C)(C)OS1=O. The molecule has 1 aliphatic heterocycles. The van der Waals surface area contributed by atoms with Crippen LogP contribution in [0.3, 0.4) is 0 Å². The van der Waals surface area contributed by atoms with Crippen molar-refractivity contribution in [2.45, 2.75) is 40.2 Å². The molecule has 13 heavy (non-hydrogen) atoms. The molecule has 0 bridgehead atoms. The third kappa shape index (κ3) is 1.97. The lowest BCUT2D eigenvalue weighted by Crippen LogP contribution is -2.19. The maximum atomic E-state index is 11.6. The second-order valence-corrected chi connectivity index (χ2v) is 6.14. The van der Waals surface area contributed by atoms with Crippen molar-refractivity contribution in [2.75, 3.05) is 0 Å². The Morgan fingerprint density at radius 3 is 2.00 bits per heavy atom. The molecule has 0 N–H and O–H groups in total. The van der Waals surface area contributed by atoms with Crippen molar-refractivity contribution in [3.05, 3.63) is 9.94 Å². The molecule has 1 atom stereocenters. The Morgan fingerprint density at radius 1 is 1.38 bits per heavy atom. The van der Waals surface area contributed by atoms with E-state index in [4.69, 9.17) is 15.8 Å². The smallest absolute Gasteiger partial charge is 0.187 e. The van der Waals surface area contributed by atoms with Crippen LogP contribution in [0.5, 0.6) is 0 Å². The first kappa shape index (κ1) is 11.2. The number of hydrogen-bond donors (Lipinski definition) is 0. The van der Waals surface area contributed by atoms with Crippen molar-refractivity contribution in [2.24, 2.45) is 5.41 Å². The fraction of sp³-hybridized carbons (Fsp3) is 0.778. The second-order valence-electron chi connectivity index (χ2n) is 4.72. The molecule has 2 nitrogen and oxygen atoms in total. The summed E-state index contributed by atoms with van der Waals surface area (Å²) < 4.78 is 16.9. The van der Waals surface area contributed by atoms with Crippen LogP contribution in [0.15, 0.2) is 9.94 Å². The minimum absolute atomic E-state index is 0.199. The first-order valence-corrected chi connectivity index (χ1v) is 5.63. The molecule has 0 aromatic heterocycles. The molecule has 1 unspecified atom stereocenters. The van der Waals surface area contributed by atoms with Gasteiger partial charge in [-0.3, -0.25) is 4.18 Å². The van der Waals surface area contributed by atoms with E-state index in [-0.39, 0.29) is 5.41 Å². The summed E-state index contributed by atoms with van der Waals surface area (Å²) in [5.41, 5.74) is -0.801. The van der Waals surface area contributed by atoms with Crippen molar-refractivity contribution in [3.63, 3.8) is 0 Å². The highest BCUT2D eigenvalue weighted by Gasteiger charge is 2.42. The van der Waals surface area contributed by atoms with Gasteiger partial charge in [0.15, 0.2) is 11.1 Å². The summed E-state index contributed by atoms with van der Waals surface area (Å²) >= 11 is 4.73. The molecule has 0 aromatic rings. The molecule has 0 saturated heterocycles. The van der Waals surface area contributed by atoms with Crippen LogP contribution in [0.2, 0.25) is 0 Å². The van der Waals surface area contributed by atoms with Gasteiger partial charge in [-0.2, -0.15) is 0 Å². The van der Waals surface area contributed by atoms with Gasteiger partial charge in [-0.25, -0.2) is 4.21 Å². The van der Waals surface area contributed by atoms with Gasteiger partial charge in [0.25, 0.3) is 0 Å². The monoisotopic (exact) mass is 222 g/mol. The maximum absolute atomic E-state index is 11.6. The predicted octanol–water partition coefficient (Wildman–Crippen LogP) is 2.96. The highest BCUT2D eigenvalue weighted by molar-refractivity contribution is 7.84. The van der Waals surface area contributed by atoms with Crippen LogP contribution in [-0.2, 0) is 15.3 Å². The molecular formula is C9H15ClO2S. The molecule has 0 aliphatic carbocycles. The molecule has 1 rings (SSSR count). The summed E-state index contributed by atoms with van der Waals surface area (Å²) in [6.45, 7) is 9.59. The van der Waals surface area contributed by atoms with Gasteiger partial charge in [0.1, 0.15) is 5.60 Å². The number of rotatable bonds is 0. The highest BCUT2D eigenvalue weighted by atomic mass is 35.5. The van der Waals surface area contributed by atoms with E-state index in [0.717, 1.165) is 0 Å². The Bertz CT molecular complexity index is 286. The summed E-state index contributed by atoms with van der Waals surface area (Å²) in [5.74, 6) is 0. The van der Waals surface area contributed by atoms with Crippen LogP contribution in [0.25, 0.3) is 0 Å². The number of hydrogen-bond acceptors (Lipinski definition) is 2. The van der Waals surface area contributed by atoms with E-state index in [9.17, 15) is 4.21 Å². The van der Waals surface area contributed by atoms with Crippen molar-refractivity contribution in [3.8, 4) is 0 Å². The minimum Gasteiger partial charge on any atom is -0.275 e. The van der Waals surface area contributed by atoms with Crippen LogP contribution in [0.1, 0.15) is 34.6 Å². The molecule has 0 spiro atoms. The molecule has 0 amide bonds. The summed E-state index contributed by atoms with van der Waals surface area (Å²) in [5, 5.41) is 0.582. The molecule has 0 radical (unpaired) electrons. The topological polar surface area (TPSA) is 26.3 Å². The molecule has 76 valence electrons. The quantitative estimate of drug-likeness (QED) is 0.630. The summed E-state index contributed by atoms with van der Waals surface area (Å²) in [7, 11) is 0. The third-order valence-corrected chi connectivity index (χ3v) is 4.33. The van der Waals surface area contributed by atoms with Crippen LogP contribution < -0.4 is 0 Å². The number of allylic oxidation sites excluding steroid dienone is 1. The average Bonchev–Trinajstić information content (AvgIpc) is 1.99. The van der Waals surface area contributed by atoms with E-state index < -0.39 is 16.7 Å². The van der Waals surface area contributed by atoms with Crippen LogP contribution in [0, 0.1) is 5.41 Å².